The van der Waals surface area contributed by atoms with Crippen LogP contribution in [0.5, 0.6) is 5.75 Å². The fraction of sp³-hybridized carbons (Fsp3) is 0.323. The fourth-order valence-corrected chi connectivity index (χ4v) is 7.01. The molecule has 1 saturated heterocycles. The van der Waals surface area contributed by atoms with Crippen molar-refractivity contribution in [3.05, 3.63) is 111 Å². The van der Waals surface area contributed by atoms with E-state index in [-0.39, 0.29) is 25.8 Å². The molecule has 43 heavy (non-hydrogen) atoms. The van der Waals surface area contributed by atoms with Crippen LogP contribution in [0, 0.1) is 5.41 Å². The zero-order valence-corrected chi connectivity index (χ0v) is 24.1. The molecule has 6 rings (SSSR count). The maximum absolute atomic E-state index is 14.2. The summed E-state index contributed by atoms with van der Waals surface area (Å²) < 4.78 is 38.8. The Morgan fingerprint density at radius 3 is 2.53 bits per heavy atom. The van der Waals surface area contributed by atoms with Crippen LogP contribution >= 0.6 is 7.60 Å². The van der Waals surface area contributed by atoms with Gasteiger partial charge in [0.25, 0.3) is 5.56 Å². The highest BCUT2D eigenvalue weighted by molar-refractivity contribution is 7.54. The molecule has 0 bridgehead atoms. The molecule has 4 aromatic rings. The van der Waals surface area contributed by atoms with Crippen LogP contribution in [-0.4, -0.2) is 45.6 Å². The first kappa shape index (κ1) is 29.1. The number of esters is 1. The number of carbonyl (C=O) groups is 1. The minimum atomic E-state index is -4.01. The molecule has 3 aromatic carbocycles. The highest BCUT2D eigenvalue weighted by atomic mass is 31.2. The highest BCUT2D eigenvalue weighted by Gasteiger charge is 2.64. The van der Waals surface area contributed by atoms with Gasteiger partial charge in [0, 0.05) is 23.1 Å². The normalized spacial score (nSPS) is 21.8. The van der Waals surface area contributed by atoms with Crippen molar-refractivity contribution in [1.82, 2.24) is 9.55 Å². The average molecular weight is 607 g/mol. The Bertz CT molecular complexity index is 1780. The second-order valence-electron chi connectivity index (χ2n) is 10.8. The summed E-state index contributed by atoms with van der Waals surface area (Å²) in [5, 5.41) is 12.8. The smallest absolute Gasteiger partial charge is 0.379 e. The first-order chi connectivity index (χ1) is 20.8. The molecule has 11 nitrogen and oxygen atoms in total. The number of aliphatic hydroxyl groups excluding tert-OH is 1. The van der Waals surface area contributed by atoms with Crippen molar-refractivity contribution < 1.29 is 33.0 Å². The zero-order valence-electron chi connectivity index (χ0n) is 23.2. The number of benzene rings is 3. The number of H-pyrrole nitrogens is 1. The van der Waals surface area contributed by atoms with Crippen molar-refractivity contribution in [2.45, 2.75) is 44.3 Å². The van der Waals surface area contributed by atoms with Gasteiger partial charge in [-0.25, -0.2) is 9.36 Å². The van der Waals surface area contributed by atoms with Crippen LogP contribution in [0.25, 0.3) is 10.8 Å². The molecule has 0 amide bonds. The SMILES string of the molecule is O=C(CCP(=O)(OC[C@H]1O[C@@H](n2ccc(=O)[nH]c2=O)C2(CC2)[C@@H]1O)Oc1cccc2ccccc12)OCc1ccccc1. The maximum atomic E-state index is 14.2. The zero-order chi connectivity index (χ0) is 30.0. The molecular formula is C31H31N2O9P. The summed E-state index contributed by atoms with van der Waals surface area (Å²) in [6, 6.07) is 23.2. The average Bonchev–Trinajstić information content (AvgIpc) is 3.77. The van der Waals surface area contributed by atoms with E-state index in [1.165, 1.54) is 16.8 Å². The number of fused-ring (bicyclic) bond motifs is 1. The molecule has 12 heteroatoms. The molecule has 2 N–H and O–H groups in total. The molecule has 224 valence electrons. The van der Waals surface area contributed by atoms with Gasteiger partial charge in [0.2, 0.25) is 0 Å². The molecule has 2 aliphatic rings. The van der Waals surface area contributed by atoms with E-state index in [0.29, 0.717) is 24.0 Å². The molecule has 0 radical (unpaired) electrons. The van der Waals surface area contributed by atoms with Gasteiger partial charge in [-0.05, 0) is 29.9 Å². The van der Waals surface area contributed by atoms with E-state index in [9.17, 15) is 24.1 Å². The number of carbonyl (C=O) groups excluding carboxylic acids is 1. The second kappa shape index (κ2) is 11.9. The number of aromatic amines is 1. The van der Waals surface area contributed by atoms with E-state index in [1.807, 2.05) is 60.7 Å². The number of nitrogens with one attached hydrogen (secondary N) is 1. The number of aromatic nitrogens is 2. The van der Waals surface area contributed by atoms with Gasteiger partial charge in [-0.2, -0.15) is 0 Å². The Hall–Kier alpha value is -4.02. The Morgan fingerprint density at radius 1 is 1.02 bits per heavy atom. The lowest BCUT2D eigenvalue weighted by Crippen LogP contribution is -2.35. The van der Waals surface area contributed by atoms with Gasteiger partial charge in [0.05, 0.1) is 25.3 Å². The van der Waals surface area contributed by atoms with Gasteiger partial charge in [-0.3, -0.25) is 23.7 Å². The van der Waals surface area contributed by atoms with Crippen molar-refractivity contribution >= 4 is 24.3 Å². The van der Waals surface area contributed by atoms with Crippen molar-refractivity contribution in [2.24, 2.45) is 5.41 Å². The molecule has 1 aliphatic heterocycles. The Morgan fingerprint density at radius 2 is 1.77 bits per heavy atom. The predicted molar refractivity (Wildman–Crippen MR) is 157 cm³/mol. The number of ether oxygens (including phenoxy) is 2. The minimum absolute atomic E-state index is 0.0741. The topological polar surface area (TPSA) is 146 Å². The van der Waals surface area contributed by atoms with Crippen molar-refractivity contribution in [3.63, 3.8) is 0 Å². The van der Waals surface area contributed by atoms with Gasteiger partial charge in [-0.1, -0.05) is 66.7 Å². The van der Waals surface area contributed by atoms with Gasteiger partial charge < -0.3 is 19.1 Å². The Kier molecular flexibility index (Phi) is 8.07. The standard InChI is InChI=1S/C31H31N2O9P/c34-26-13-17-33(30(37)32-26)29-31(15-16-31)28(36)25(41-29)20-40-43(38,18-14-27(35)39-19-21-7-2-1-3-8-21)42-24-12-6-10-22-9-4-5-11-23(22)24/h1-13,17,25,28-29,36H,14-16,18-20H2,(H,32,34,37)/t25-,28-,29-,43?/m1/s1. The van der Waals surface area contributed by atoms with Crippen LogP contribution in [0.15, 0.2) is 94.6 Å². The summed E-state index contributed by atoms with van der Waals surface area (Å²) in [6.07, 6.45) is -0.803. The third-order valence-electron chi connectivity index (χ3n) is 7.92. The summed E-state index contributed by atoms with van der Waals surface area (Å²) in [5.74, 6) is -0.246. The minimum Gasteiger partial charge on any atom is -0.461 e. The fourth-order valence-electron chi connectivity index (χ4n) is 5.45. The molecule has 1 aliphatic carbocycles. The van der Waals surface area contributed by atoms with Crippen molar-refractivity contribution in [2.75, 3.05) is 12.8 Å². The summed E-state index contributed by atoms with van der Waals surface area (Å²) in [5.41, 5.74) is -1.12. The van der Waals surface area contributed by atoms with Gasteiger partial charge in [0.1, 0.15) is 24.7 Å². The van der Waals surface area contributed by atoms with Gasteiger partial charge in [-0.15, -0.1) is 0 Å². The molecule has 4 atom stereocenters. The van der Waals surface area contributed by atoms with Crippen LogP contribution in [0.3, 0.4) is 0 Å². The molecule has 1 aromatic heterocycles. The lowest BCUT2D eigenvalue weighted by molar-refractivity contribution is -0.144. The van der Waals surface area contributed by atoms with Crippen molar-refractivity contribution in [3.8, 4) is 5.75 Å². The predicted octanol–water partition coefficient (Wildman–Crippen LogP) is 4.15. The monoisotopic (exact) mass is 606 g/mol. The summed E-state index contributed by atoms with van der Waals surface area (Å²) in [6.45, 7) is -0.247. The summed E-state index contributed by atoms with van der Waals surface area (Å²) >= 11 is 0. The Labute approximate surface area is 246 Å². The molecule has 2 heterocycles. The Balaban J connectivity index is 1.19. The van der Waals surface area contributed by atoms with Gasteiger partial charge >= 0.3 is 19.3 Å². The quantitative estimate of drug-likeness (QED) is 0.190. The third kappa shape index (κ3) is 6.21. The van der Waals surface area contributed by atoms with E-state index in [0.717, 1.165) is 10.9 Å². The molecular weight excluding hydrogens is 575 g/mol. The molecule has 1 unspecified atom stereocenters. The number of hydrogen-bond donors (Lipinski definition) is 2. The number of rotatable bonds is 11. The highest BCUT2D eigenvalue weighted by Crippen LogP contribution is 2.62. The van der Waals surface area contributed by atoms with Crippen LogP contribution < -0.4 is 15.8 Å². The molecule has 1 saturated carbocycles. The number of aliphatic hydroxyl groups is 1. The first-order valence-electron chi connectivity index (χ1n) is 14.0. The lowest BCUT2D eigenvalue weighted by atomic mass is 9.96. The van der Waals surface area contributed by atoms with Crippen molar-refractivity contribution in [1.29, 1.82) is 0 Å². The van der Waals surface area contributed by atoms with E-state index < -0.39 is 48.7 Å². The van der Waals surface area contributed by atoms with Crippen LogP contribution in [0.4, 0.5) is 0 Å². The summed E-state index contributed by atoms with van der Waals surface area (Å²) in [4.78, 5) is 38.9. The van der Waals surface area contributed by atoms with E-state index in [4.69, 9.17) is 18.5 Å². The third-order valence-corrected chi connectivity index (χ3v) is 9.71. The second-order valence-corrected chi connectivity index (χ2v) is 12.9. The number of nitrogens with zero attached hydrogens (tertiary/aromatic N) is 1. The van der Waals surface area contributed by atoms with Gasteiger partial charge in [0.15, 0.2) is 0 Å². The van der Waals surface area contributed by atoms with E-state index in [2.05, 4.69) is 4.98 Å². The van der Waals surface area contributed by atoms with E-state index >= 15 is 0 Å². The van der Waals surface area contributed by atoms with Crippen LogP contribution in [0.1, 0.15) is 31.1 Å². The van der Waals surface area contributed by atoms with Crippen LogP contribution in [0.2, 0.25) is 0 Å². The first-order valence-corrected chi connectivity index (χ1v) is 15.7. The largest absolute Gasteiger partial charge is 0.461 e. The maximum Gasteiger partial charge on any atom is 0.379 e. The molecule has 2 fully saturated rings. The lowest BCUT2D eigenvalue weighted by Gasteiger charge is -2.23. The summed E-state index contributed by atoms with van der Waals surface area (Å²) in [7, 11) is -4.01. The molecule has 1 spiro atoms. The number of hydrogen-bond acceptors (Lipinski definition) is 9. The van der Waals surface area contributed by atoms with E-state index in [1.54, 1.807) is 12.1 Å². The van der Waals surface area contributed by atoms with Crippen LogP contribution in [-0.2, 0) is 30.0 Å².